The lowest BCUT2D eigenvalue weighted by Gasteiger charge is -2.42. The van der Waals surface area contributed by atoms with Gasteiger partial charge in [-0.05, 0) is 11.1 Å². The number of nitrogens with zero attached hydrogens (tertiary/aromatic N) is 6. The molecule has 110 valence electrons. The number of esters is 1. The third-order valence-corrected chi connectivity index (χ3v) is 2.50. The van der Waals surface area contributed by atoms with E-state index >= 15 is 0 Å². The van der Waals surface area contributed by atoms with E-state index in [1.54, 1.807) is 0 Å². The molecule has 12 heteroatoms. The molecule has 1 rings (SSSR count). The predicted molar refractivity (Wildman–Crippen MR) is 58.3 cm³/mol. The van der Waals surface area contributed by atoms with Crippen LogP contribution in [-0.4, -0.2) is 48.1 Å². The van der Waals surface area contributed by atoms with Gasteiger partial charge in [-0.2, -0.15) is 8.78 Å². The van der Waals surface area contributed by atoms with Crippen molar-refractivity contribution < 1.29 is 28.2 Å². The van der Waals surface area contributed by atoms with E-state index in [9.17, 15) is 18.7 Å². The first-order valence-corrected chi connectivity index (χ1v) is 5.28. The fourth-order valence-corrected chi connectivity index (χ4v) is 1.68. The number of carbonyl (C=O) groups is 1. The van der Waals surface area contributed by atoms with Gasteiger partial charge in [-0.25, -0.2) is 0 Å². The highest BCUT2D eigenvalue weighted by Crippen LogP contribution is 2.37. The first-order chi connectivity index (χ1) is 9.34. The van der Waals surface area contributed by atoms with Crippen LogP contribution in [0.15, 0.2) is 10.2 Å². The number of azide groups is 2. The summed E-state index contributed by atoms with van der Waals surface area (Å²) in [7, 11) is 0. The Morgan fingerprint density at radius 2 is 2.15 bits per heavy atom. The first-order valence-electron chi connectivity index (χ1n) is 5.28. The van der Waals surface area contributed by atoms with Crippen LogP contribution in [0.4, 0.5) is 8.78 Å². The average Bonchev–Trinajstić information content (AvgIpc) is 2.36. The number of ether oxygens (including phenoxy) is 2. The standard InChI is InChI=1S/C8H10F2N6O4/c1-3(17)19-6-5(14-16-12)7(18)20-4(2-13-15-11)8(6,9)10/h4-7,18H,2H2,1H3/t4-,5?,6-,7+/m1/s1. The monoisotopic (exact) mass is 292 g/mol. The molecule has 20 heavy (non-hydrogen) atoms. The number of aliphatic hydroxyl groups is 1. The van der Waals surface area contributed by atoms with Crippen LogP contribution in [0.25, 0.3) is 20.9 Å². The molecule has 1 N–H and O–H groups in total. The summed E-state index contributed by atoms with van der Waals surface area (Å²) in [5, 5.41) is 15.4. The van der Waals surface area contributed by atoms with Crippen LogP contribution in [0, 0.1) is 0 Å². The Hall–Kier alpha value is -2.13. The number of rotatable bonds is 4. The zero-order valence-electron chi connectivity index (χ0n) is 10.1. The smallest absolute Gasteiger partial charge is 0.310 e. The predicted octanol–water partition coefficient (Wildman–Crippen LogP) is 1.26. The molecule has 1 saturated heterocycles. The van der Waals surface area contributed by atoms with Gasteiger partial charge in [0.1, 0.15) is 12.1 Å². The van der Waals surface area contributed by atoms with Crippen molar-refractivity contribution in [2.24, 2.45) is 10.2 Å². The van der Waals surface area contributed by atoms with E-state index in [1.807, 2.05) is 0 Å². The second-order valence-corrected chi connectivity index (χ2v) is 3.83. The molecular formula is C8H10F2N6O4. The number of hydrogen-bond acceptors (Lipinski definition) is 6. The normalized spacial score (nSPS) is 31.6. The second kappa shape index (κ2) is 6.35. The van der Waals surface area contributed by atoms with Crippen LogP contribution >= 0.6 is 0 Å². The molecule has 0 aromatic rings. The molecule has 0 amide bonds. The van der Waals surface area contributed by atoms with Crippen LogP contribution in [0.1, 0.15) is 6.92 Å². The van der Waals surface area contributed by atoms with Gasteiger partial charge in [0, 0.05) is 16.7 Å². The molecular weight excluding hydrogens is 282 g/mol. The maximum absolute atomic E-state index is 14.1. The van der Waals surface area contributed by atoms with E-state index in [0.717, 1.165) is 6.92 Å². The van der Waals surface area contributed by atoms with Crippen LogP contribution < -0.4 is 0 Å². The lowest BCUT2D eigenvalue weighted by Crippen LogP contribution is -2.63. The molecule has 0 aromatic heterocycles. The Morgan fingerprint density at radius 1 is 1.50 bits per heavy atom. The molecule has 4 atom stereocenters. The topological polar surface area (TPSA) is 153 Å². The molecule has 10 nitrogen and oxygen atoms in total. The zero-order chi connectivity index (χ0) is 15.3. The Kier molecular flexibility index (Phi) is 5.06. The fourth-order valence-electron chi connectivity index (χ4n) is 1.68. The van der Waals surface area contributed by atoms with Crippen molar-refractivity contribution in [3.8, 4) is 0 Å². The van der Waals surface area contributed by atoms with Crippen molar-refractivity contribution in [3.63, 3.8) is 0 Å². The summed E-state index contributed by atoms with van der Waals surface area (Å²) in [5.41, 5.74) is 16.4. The molecule has 1 aliphatic heterocycles. The maximum atomic E-state index is 14.1. The third-order valence-electron chi connectivity index (χ3n) is 2.50. The average molecular weight is 292 g/mol. The van der Waals surface area contributed by atoms with Crippen molar-refractivity contribution >= 4 is 5.97 Å². The SMILES string of the molecule is CC(=O)O[C@@H]1C(N=[N+]=[N-])[C@@H](O)O[C@H](CN=[N+]=[N-])C1(F)F. The number of halogens is 2. The summed E-state index contributed by atoms with van der Waals surface area (Å²) in [5.74, 6) is -4.86. The van der Waals surface area contributed by atoms with E-state index in [4.69, 9.17) is 11.1 Å². The lowest BCUT2D eigenvalue weighted by molar-refractivity contribution is -0.298. The highest BCUT2D eigenvalue weighted by molar-refractivity contribution is 5.66. The number of carbonyl (C=O) groups excluding carboxylic acids is 1. The minimum Gasteiger partial charge on any atom is -0.455 e. The first kappa shape index (κ1) is 15.9. The van der Waals surface area contributed by atoms with Gasteiger partial charge >= 0.3 is 11.9 Å². The van der Waals surface area contributed by atoms with E-state index < -0.39 is 43.0 Å². The molecule has 0 aliphatic carbocycles. The highest BCUT2D eigenvalue weighted by Gasteiger charge is 2.59. The Labute approximate surface area is 110 Å². The minimum absolute atomic E-state index is 0.790. The van der Waals surface area contributed by atoms with Crippen molar-refractivity contribution in [3.05, 3.63) is 20.9 Å². The summed E-state index contributed by atoms with van der Waals surface area (Å²) in [6, 6.07) is -1.82. The molecule has 1 unspecified atom stereocenters. The van der Waals surface area contributed by atoms with Gasteiger partial charge in [0.15, 0.2) is 12.4 Å². The van der Waals surface area contributed by atoms with E-state index in [0.29, 0.717) is 0 Å². The molecule has 0 spiro atoms. The summed E-state index contributed by atoms with van der Waals surface area (Å²) in [6.07, 6.45) is -6.16. The molecule has 0 radical (unpaired) electrons. The molecule has 1 aliphatic rings. The molecule has 0 bridgehead atoms. The van der Waals surface area contributed by atoms with Crippen LogP contribution in [0.2, 0.25) is 0 Å². The lowest BCUT2D eigenvalue weighted by atomic mass is 9.96. The van der Waals surface area contributed by atoms with E-state index in [2.05, 4.69) is 29.5 Å². The van der Waals surface area contributed by atoms with Gasteiger partial charge in [0.05, 0.1) is 6.54 Å². The summed E-state index contributed by atoms with van der Waals surface area (Å²) in [4.78, 5) is 15.5. The highest BCUT2D eigenvalue weighted by atomic mass is 19.3. The van der Waals surface area contributed by atoms with Gasteiger partial charge in [0.25, 0.3) is 0 Å². The molecule has 1 heterocycles. The number of aliphatic hydroxyl groups excluding tert-OH is 1. The van der Waals surface area contributed by atoms with Crippen molar-refractivity contribution in [2.75, 3.05) is 6.54 Å². The van der Waals surface area contributed by atoms with E-state index in [1.165, 1.54) is 0 Å². The van der Waals surface area contributed by atoms with Gasteiger partial charge in [-0.1, -0.05) is 10.2 Å². The van der Waals surface area contributed by atoms with Crippen LogP contribution in [-0.2, 0) is 14.3 Å². The zero-order valence-corrected chi connectivity index (χ0v) is 10.1. The van der Waals surface area contributed by atoms with Gasteiger partial charge in [-0.15, -0.1) is 0 Å². The van der Waals surface area contributed by atoms with Gasteiger partial charge < -0.3 is 14.6 Å². The van der Waals surface area contributed by atoms with Gasteiger partial charge in [0.2, 0.25) is 0 Å². The van der Waals surface area contributed by atoms with E-state index in [-0.39, 0.29) is 0 Å². The van der Waals surface area contributed by atoms with Crippen molar-refractivity contribution in [1.82, 2.24) is 0 Å². The molecule has 1 fully saturated rings. The Bertz CT molecular complexity index is 476. The fraction of sp³-hybridized carbons (Fsp3) is 0.875. The van der Waals surface area contributed by atoms with Crippen LogP contribution in [0.3, 0.4) is 0 Å². The van der Waals surface area contributed by atoms with Crippen molar-refractivity contribution in [2.45, 2.75) is 37.4 Å². The quantitative estimate of drug-likeness (QED) is 0.358. The minimum atomic E-state index is -3.81. The molecule has 0 aromatic carbocycles. The largest absolute Gasteiger partial charge is 0.455 e. The third kappa shape index (κ3) is 3.25. The summed E-state index contributed by atoms with van der Waals surface area (Å²) in [6.45, 7) is 0.0921. The van der Waals surface area contributed by atoms with Crippen molar-refractivity contribution in [1.29, 1.82) is 0 Å². The maximum Gasteiger partial charge on any atom is 0.310 e. The summed E-state index contributed by atoms with van der Waals surface area (Å²) < 4.78 is 37.2. The van der Waals surface area contributed by atoms with Crippen LogP contribution in [0.5, 0.6) is 0 Å². The number of hydrogen-bond donors (Lipinski definition) is 1. The van der Waals surface area contributed by atoms with Gasteiger partial charge in [-0.3, -0.25) is 4.79 Å². The Balaban J connectivity index is 3.13. The number of alkyl halides is 2. The Morgan fingerprint density at radius 3 is 2.65 bits per heavy atom. The second-order valence-electron chi connectivity index (χ2n) is 3.83. The molecule has 0 saturated carbocycles. The summed E-state index contributed by atoms with van der Waals surface area (Å²) >= 11 is 0.